The van der Waals surface area contributed by atoms with E-state index in [1.807, 2.05) is 25.7 Å². The number of aliphatic hydroxyl groups is 1. The van der Waals surface area contributed by atoms with Crippen molar-refractivity contribution in [2.24, 2.45) is 0 Å². The summed E-state index contributed by atoms with van der Waals surface area (Å²) < 4.78 is 10.2. The summed E-state index contributed by atoms with van der Waals surface area (Å²) in [7, 11) is 0. The molecule has 102 valence electrons. The van der Waals surface area contributed by atoms with Gasteiger partial charge in [-0.3, -0.25) is 9.69 Å². The number of rotatable bonds is 9. The molecule has 1 atom stereocenters. The van der Waals surface area contributed by atoms with Gasteiger partial charge in [0.1, 0.15) is 0 Å². The Morgan fingerprint density at radius 2 is 2.00 bits per heavy atom. The monoisotopic (exact) mass is 247 g/mol. The highest BCUT2D eigenvalue weighted by Gasteiger charge is 2.14. The second-order valence-electron chi connectivity index (χ2n) is 4.17. The zero-order chi connectivity index (χ0) is 13.3. The molecule has 1 N–H and O–H groups in total. The van der Waals surface area contributed by atoms with Crippen LogP contribution in [-0.2, 0) is 14.3 Å². The first-order valence-electron chi connectivity index (χ1n) is 6.17. The molecule has 0 spiro atoms. The van der Waals surface area contributed by atoms with Gasteiger partial charge >= 0.3 is 5.97 Å². The van der Waals surface area contributed by atoms with Gasteiger partial charge in [-0.15, -0.1) is 0 Å². The quantitative estimate of drug-likeness (QED) is 0.606. The summed E-state index contributed by atoms with van der Waals surface area (Å²) in [5.41, 5.74) is 0. The van der Waals surface area contributed by atoms with Gasteiger partial charge in [0.2, 0.25) is 0 Å². The number of hydrogen-bond donors (Lipinski definition) is 1. The van der Waals surface area contributed by atoms with Crippen LogP contribution in [-0.4, -0.2) is 61.0 Å². The Balaban J connectivity index is 3.90. The first kappa shape index (κ1) is 16.4. The van der Waals surface area contributed by atoms with E-state index in [-0.39, 0.29) is 25.2 Å². The van der Waals surface area contributed by atoms with Crippen LogP contribution < -0.4 is 0 Å². The standard InChI is InChI=1S/C12H25NO4/c1-5-13(8-12(15)16-6-2)7-11(14)9-17-10(3)4/h10-11,14H,5-9H2,1-4H3. The molecule has 17 heavy (non-hydrogen) atoms. The van der Waals surface area contributed by atoms with Crippen molar-refractivity contribution in [3.05, 3.63) is 0 Å². The summed E-state index contributed by atoms with van der Waals surface area (Å²) in [6.07, 6.45) is -0.475. The van der Waals surface area contributed by atoms with E-state index < -0.39 is 6.10 Å². The zero-order valence-corrected chi connectivity index (χ0v) is 11.3. The van der Waals surface area contributed by atoms with Gasteiger partial charge in [0, 0.05) is 6.54 Å². The van der Waals surface area contributed by atoms with Gasteiger partial charge in [-0.1, -0.05) is 6.92 Å². The molecule has 0 aromatic carbocycles. The van der Waals surface area contributed by atoms with Crippen molar-refractivity contribution in [3.63, 3.8) is 0 Å². The van der Waals surface area contributed by atoms with Crippen LogP contribution in [0.4, 0.5) is 0 Å². The number of nitrogens with zero attached hydrogens (tertiary/aromatic N) is 1. The van der Waals surface area contributed by atoms with Gasteiger partial charge in [0.15, 0.2) is 0 Å². The van der Waals surface area contributed by atoms with E-state index in [1.54, 1.807) is 6.92 Å². The van der Waals surface area contributed by atoms with Gasteiger partial charge in [-0.25, -0.2) is 0 Å². The highest BCUT2D eigenvalue weighted by Crippen LogP contribution is 1.97. The molecular weight excluding hydrogens is 222 g/mol. The van der Waals surface area contributed by atoms with Crippen molar-refractivity contribution >= 4 is 5.97 Å². The predicted molar refractivity (Wildman–Crippen MR) is 65.8 cm³/mol. The Morgan fingerprint density at radius 1 is 1.35 bits per heavy atom. The van der Waals surface area contributed by atoms with Gasteiger partial charge < -0.3 is 14.6 Å². The first-order chi connectivity index (χ1) is 7.99. The lowest BCUT2D eigenvalue weighted by Crippen LogP contribution is -2.39. The maximum absolute atomic E-state index is 11.3. The van der Waals surface area contributed by atoms with E-state index >= 15 is 0 Å². The van der Waals surface area contributed by atoms with Crippen molar-refractivity contribution in [1.29, 1.82) is 0 Å². The molecular formula is C12H25NO4. The average Bonchev–Trinajstić information content (AvgIpc) is 2.25. The predicted octanol–water partition coefficient (Wildman–Crippen LogP) is 0.657. The normalized spacial score (nSPS) is 13.1. The third-order valence-corrected chi connectivity index (χ3v) is 2.20. The van der Waals surface area contributed by atoms with Gasteiger partial charge in [0.25, 0.3) is 0 Å². The number of carbonyl (C=O) groups excluding carboxylic acids is 1. The molecule has 0 aliphatic heterocycles. The molecule has 5 nitrogen and oxygen atoms in total. The third kappa shape index (κ3) is 9.09. The second kappa shape index (κ2) is 9.39. The van der Waals surface area contributed by atoms with Crippen LogP contribution in [0.5, 0.6) is 0 Å². The number of likely N-dealkylation sites (N-methyl/N-ethyl adjacent to an activating group) is 1. The minimum atomic E-state index is -0.577. The topological polar surface area (TPSA) is 59.0 Å². The average molecular weight is 247 g/mol. The smallest absolute Gasteiger partial charge is 0.320 e. The number of carbonyl (C=O) groups is 1. The Bertz CT molecular complexity index is 209. The molecule has 0 radical (unpaired) electrons. The fourth-order valence-corrected chi connectivity index (χ4v) is 1.35. The molecule has 0 bridgehead atoms. The molecule has 5 heteroatoms. The van der Waals surface area contributed by atoms with Crippen molar-refractivity contribution in [2.75, 3.05) is 32.8 Å². The summed E-state index contributed by atoms with van der Waals surface area (Å²) in [5, 5.41) is 9.72. The number of ether oxygens (including phenoxy) is 2. The second-order valence-corrected chi connectivity index (χ2v) is 4.17. The molecule has 0 aromatic rings. The van der Waals surface area contributed by atoms with Crippen molar-refractivity contribution in [3.8, 4) is 0 Å². The Labute approximate surface area is 104 Å². The maximum atomic E-state index is 11.3. The number of hydrogen-bond acceptors (Lipinski definition) is 5. The lowest BCUT2D eigenvalue weighted by molar-refractivity contribution is -0.144. The Hall–Kier alpha value is -0.650. The van der Waals surface area contributed by atoms with Gasteiger partial charge in [-0.05, 0) is 27.3 Å². The fourth-order valence-electron chi connectivity index (χ4n) is 1.35. The molecule has 0 aromatic heterocycles. The molecule has 0 aliphatic rings. The molecule has 0 aliphatic carbocycles. The summed E-state index contributed by atoms with van der Waals surface area (Å²) in [6.45, 7) is 9.55. The Morgan fingerprint density at radius 3 is 2.47 bits per heavy atom. The fraction of sp³-hybridized carbons (Fsp3) is 0.917. The third-order valence-electron chi connectivity index (χ3n) is 2.20. The van der Waals surface area contributed by atoms with Crippen LogP contribution in [0.2, 0.25) is 0 Å². The lowest BCUT2D eigenvalue weighted by Gasteiger charge is -2.23. The first-order valence-corrected chi connectivity index (χ1v) is 6.17. The van der Waals surface area contributed by atoms with E-state index in [0.29, 0.717) is 19.7 Å². The summed E-state index contributed by atoms with van der Waals surface area (Å²) in [6, 6.07) is 0. The largest absolute Gasteiger partial charge is 0.465 e. The molecule has 0 heterocycles. The van der Waals surface area contributed by atoms with E-state index in [2.05, 4.69) is 0 Å². The molecule has 1 unspecified atom stereocenters. The van der Waals surface area contributed by atoms with E-state index in [1.165, 1.54) is 0 Å². The van der Waals surface area contributed by atoms with Gasteiger partial charge in [-0.2, -0.15) is 0 Å². The van der Waals surface area contributed by atoms with Crippen LogP contribution in [0.25, 0.3) is 0 Å². The molecule has 0 amide bonds. The summed E-state index contributed by atoms with van der Waals surface area (Å²) in [5.74, 6) is -0.258. The van der Waals surface area contributed by atoms with E-state index in [0.717, 1.165) is 0 Å². The minimum Gasteiger partial charge on any atom is -0.465 e. The van der Waals surface area contributed by atoms with Crippen molar-refractivity contribution < 1.29 is 19.4 Å². The number of esters is 1. The van der Waals surface area contributed by atoms with Crippen LogP contribution in [0.15, 0.2) is 0 Å². The van der Waals surface area contributed by atoms with E-state index in [9.17, 15) is 9.90 Å². The van der Waals surface area contributed by atoms with Crippen LogP contribution >= 0.6 is 0 Å². The Kier molecular flexibility index (Phi) is 9.03. The summed E-state index contributed by atoms with van der Waals surface area (Å²) >= 11 is 0. The van der Waals surface area contributed by atoms with Crippen molar-refractivity contribution in [2.45, 2.75) is 39.9 Å². The van der Waals surface area contributed by atoms with Crippen LogP contribution in [0.1, 0.15) is 27.7 Å². The lowest BCUT2D eigenvalue weighted by atomic mass is 10.3. The maximum Gasteiger partial charge on any atom is 0.320 e. The number of aliphatic hydroxyl groups excluding tert-OH is 1. The van der Waals surface area contributed by atoms with Crippen molar-refractivity contribution in [1.82, 2.24) is 4.90 Å². The molecule has 0 fully saturated rings. The summed E-state index contributed by atoms with van der Waals surface area (Å²) in [4.78, 5) is 13.1. The zero-order valence-electron chi connectivity index (χ0n) is 11.3. The van der Waals surface area contributed by atoms with Gasteiger partial charge in [0.05, 0.1) is 32.0 Å². The SMILES string of the molecule is CCOC(=O)CN(CC)CC(O)COC(C)C. The minimum absolute atomic E-state index is 0.102. The molecule has 0 saturated heterocycles. The highest BCUT2D eigenvalue weighted by molar-refractivity contribution is 5.71. The van der Waals surface area contributed by atoms with E-state index in [4.69, 9.17) is 9.47 Å². The molecule has 0 rings (SSSR count). The molecule has 0 saturated carbocycles. The van der Waals surface area contributed by atoms with Crippen LogP contribution in [0.3, 0.4) is 0 Å². The van der Waals surface area contributed by atoms with Crippen LogP contribution in [0, 0.1) is 0 Å². The highest BCUT2D eigenvalue weighted by atomic mass is 16.5.